The lowest BCUT2D eigenvalue weighted by Gasteiger charge is -2.10. The highest BCUT2D eigenvalue weighted by Gasteiger charge is 2.03. The first-order chi connectivity index (χ1) is 8.69. The fourth-order valence-electron chi connectivity index (χ4n) is 1.71. The topological polar surface area (TPSA) is 34.1 Å². The van der Waals surface area contributed by atoms with E-state index in [4.69, 9.17) is 4.74 Å². The molecule has 1 N–H and O–H groups in total. The van der Waals surface area contributed by atoms with Gasteiger partial charge in [-0.3, -0.25) is 4.98 Å². The van der Waals surface area contributed by atoms with Crippen molar-refractivity contribution in [3.63, 3.8) is 0 Å². The number of ether oxygens (including phenoxy) is 1. The quantitative estimate of drug-likeness (QED) is 0.894. The molecular weight excluding hydrogens is 224 g/mol. The van der Waals surface area contributed by atoms with E-state index in [1.54, 1.807) is 6.20 Å². The number of hydrogen-bond donors (Lipinski definition) is 1. The zero-order chi connectivity index (χ0) is 13.0. The first-order valence-electron chi connectivity index (χ1n) is 6.03. The molecule has 0 bridgehead atoms. The highest BCUT2D eigenvalue weighted by molar-refractivity contribution is 5.39. The molecule has 3 nitrogen and oxygen atoms in total. The number of rotatable bonds is 4. The van der Waals surface area contributed by atoms with Gasteiger partial charge in [0.15, 0.2) is 0 Å². The van der Waals surface area contributed by atoms with E-state index in [9.17, 15) is 0 Å². The van der Waals surface area contributed by atoms with Crippen LogP contribution in [0.5, 0.6) is 11.5 Å². The fraction of sp³-hybridized carbons (Fsp3) is 0.267. The maximum absolute atomic E-state index is 5.86. The first-order valence-corrected chi connectivity index (χ1v) is 6.03. The predicted molar refractivity (Wildman–Crippen MR) is 73.0 cm³/mol. The van der Waals surface area contributed by atoms with E-state index in [1.165, 1.54) is 5.56 Å². The van der Waals surface area contributed by atoms with Crippen LogP contribution < -0.4 is 10.1 Å². The van der Waals surface area contributed by atoms with Gasteiger partial charge < -0.3 is 10.1 Å². The summed E-state index contributed by atoms with van der Waals surface area (Å²) < 4.78 is 5.86. The molecule has 3 heteroatoms. The van der Waals surface area contributed by atoms with Crippen LogP contribution in [0.1, 0.15) is 16.8 Å². The van der Waals surface area contributed by atoms with Gasteiger partial charge in [-0.1, -0.05) is 12.1 Å². The third kappa shape index (κ3) is 3.08. The van der Waals surface area contributed by atoms with E-state index in [0.717, 1.165) is 29.3 Å². The highest BCUT2D eigenvalue weighted by Crippen LogP contribution is 2.25. The summed E-state index contributed by atoms with van der Waals surface area (Å²) in [4.78, 5) is 4.23. The van der Waals surface area contributed by atoms with Crippen molar-refractivity contribution in [2.75, 3.05) is 7.05 Å². The number of hydrogen-bond acceptors (Lipinski definition) is 3. The Balaban J connectivity index is 2.22. The van der Waals surface area contributed by atoms with Gasteiger partial charge in [0, 0.05) is 12.2 Å². The van der Waals surface area contributed by atoms with Crippen LogP contribution in [0.4, 0.5) is 0 Å². The minimum Gasteiger partial charge on any atom is -0.455 e. The van der Waals surface area contributed by atoms with Crippen LogP contribution in [-0.4, -0.2) is 12.0 Å². The maximum atomic E-state index is 5.86. The fourth-order valence-corrected chi connectivity index (χ4v) is 1.71. The van der Waals surface area contributed by atoms with Crippen molar-refractivity contribution in [3.8, 4) is 11.5 Å². The summed E-state index contributed by atoms with van der Waals surface area (Å²) in [6.07, 6.45) is 1.75. The largest absolute Gasteiger partial charge is 0.455 e. The minimum atomic E-state index is 0.769. The molecule has 0 fully saturated rings. The van der Waals surface area contributed by atoms with Crippen LogP contribution in [0.15, 0.2) is 36.5 Å². The second kappa shape index (κ2) is 5.65. The molecule has 1 aromatic heterocycles. The standard InChI is InChI=1S/C15H18N2O/c1-11-4-6-13(9-16-3)8-15(11)18-14-7-5-12(2)17-10-14/h4-8,10,16H,9H2,1-3H3. The van der Waals surface area contributed by atoms with Crippen molar-refractivity contribution in [2.24, 2.45) is 0 Å². The van der Waals surface area contributed by atoms with Gasteiger partial charge in [-0.05, 0) is 50.2 Å². The van der Waals surface area contributed by atoms with Gasteiger partial charge in [-0.25, -0.2) is 0 Å². The summed E-state index contributed by atoms with van der Waals surface area (Å²) in [7, 11) is 1.93. The van der Waals surface area contributed by atoms with Crippen molar-refractivity contribution in [1.82, 2.24) is 10.3 Å². The van der Waals surface area contributed by atoms with Crippen molar-refractivity contribution in [3.05, 3.63) is 53.3 Å². The lowest BCUT2D eigenvalue weighted by atomic mass is 10.1. The third-order valence-electron chi connectivity index (χ3n) is 2.75. The summed E-state index contributed by atoms with van der Waals surface area (Å²) >= 11 is 0. The molecule has 2 rings (SSSR count). The van der Waals surface area contributed by atoms with E-state index in [0.29, 0.717) is 0 Å². The Bertz CT molecular complexity index is 521. The van der Waals surface area contributed by atoms with E-state index in [-0.39, 0.29) is 0 Å². The van der Waals surface area contributed by atoms with Gasteiger partial charge >= 0.3 is 0 Å². The lowest BCUT2D eigenvalue weighted by Crippen LogP contribution is -2.05. The minimum absolute atomic E-state index is 0.769. The zero-order valence-electron chi connectivity index (χ0n) is 11.0. The predicted octanol–water partition coefficient (Wildman–Crippen LogP) is 3.21. The number of benzene rings is 1. The van der Waals surface area contributed by atoms with Crippen LogP contribution in [0, 0.1) is 13.8 Å². The lowest BCUT2D eigenvalue weighted by molar-refractivity contribution is 0.475. The number of pyridine rings is 1. The molecule has 94 valence electrons. The molecule has 0 aliphatic heterocycles. The van der Waals surface area contributed by atoms with Crippen molar-refractivity contribution in [2.45, 2.75) is 20.4 Å². The molecule has 2 aromatic rings. The monoisotopic (exact) mass is 242 g/mol. The average molecular weight is 242 g/mol. The van der Waals surface area contributed by atoms with E-state index >= 15 is 0 Å². The van der Waals surface area contributed by atoms with Crippen LogP contribution in [-0.2, 0) is 6.54 Å². The normalized spacial score (nSPS) is 10.4. The van der Waals surface area contributed by atoms with Crippen LogP contribution in [0.3, 0.4) is 0 Å². The number of nitrogens with one attached hydrogen (secondary N) is 1. The summed E-state index contributed by atoms with van der Waals surface area (Å²) in [5, 5.41) is 3.13. The van der Waals surface area contributed by atoms with E-state index in [1.807, 2.05) is 33.0 Å². The molecule has 0 saturated carbocycles. The Labute approximate surface area is 108 Å². The molecule has 0 saturated heterocycles. The summed E-state index contributed by atoms with van der Waals surface area (Å²) in [6.45, 7) is 4.84. The molecule has 0 amide bonds. The molecule has 0 radical (unpaired) electrons. The van der Waals surface area contributed by atoms with Gasteiger partial charge in [0.1, 0.15) is 11.5 Å². The Morgan fingerprint density at radius 3 is 2.67 bits per heavy atom. The SMILES string of the molecule is CNCc1ccc(C)c(Oc2ccc(C)nc2)c1. The van der Waals surface area contributed by atoms with Crippen LogP contribution >= 0.6 is 0 Å². The first kappa shape index (κ1) is 12.6. The average Bonchev–Trinajstić information content (AvgIpc) is 2.36. The summed E-state index contributed by atoms with van der Waals surface area (Å²) in [5.74, 6) is 1.65. The smallest absolute Gasteiger partial charge is 0.145 e. The third-order valence-corrected chi connectivity index (χ3v) is 2.75. The van der Waals surface area contributed by atoms with Crippen molar-refractivity contribution in [1.29, 1.82) is 0 Å². The second-order valence-corrected chi connectivity index (χ2v) is 4.37. The number of aromatic nitrogens is 1. The summed E-state index contributed by atoms with van der Waals surface area (Å²) in [5.41, 5.74) is 3.32. The van der Waals surface area contributed by atoms with Crippen molar-refractivity contribution < 1.29 is 4.74 Å². The molecular formula is C15H18N2O. The van der Waals surface area contributed by atoms with E-state index < -0.39 is 0 Å². The molecule has 0 aliphatic rings. The Hall–Kier alpha value is -1.87. The molecule has 1 heterocycles. The zero-order valence-corrected chi connectivity index (χ0v) is 11.0. The van der Waals surface area contributed by atoms with Gasteiger partial charge in [-0.15, -0.1) is 0 Å². The van der Waals surface area contributed by atoms with Gasteiger partial charge in [0.05, 0.1) is 6.20 Å². The second-order valence-electron chi connectivity index (χ2n) is 4.37. The molecule has 18 heavy (non-hydrogen) atoms. The van der Waals surface area contributed by atoms with E-state index in [2.05, 4.69) is 28.5 Å². The Morgan fingerprint density at radius 2 is 2.00 bits per heavy atom. The summed E-state index contributed by atoms with van der Waals surface area (Å²) in [6, 6.07) is 10.1. The van der Waals surface area contributed by atoms with Crippen LogP contribution in [0.2, 0.25) is 0 Å². The molecule has 0 aliphatic carbocycles. The number of nitrogens with zero attached hydrogens (tertiary/aromatic N) is 1. The highest BCUT2D eigenvalue weighted by atomic mass is 16.5. The van der Waals surface area contributed by atoms with Gasteiger partial charge in [-0.2, -0.15) is 0 Å². The Kier molecular flexibility index (Phi) is 3.95. The van der Waals surface area contributed by atoms with Crippen molar-refractivity contribution >= 4 is 0 Å². The maximum Gasteiger partial charge on any atom is 0.145 e. The number of aryl methyl sites for hydroxylation is 2. The molecule has 0 spiro atoms. The molecule has 0 atom stereocenters. The Morgan fingerprint density at radius 1 is 1.17 bits per heavy atom. The molecule has 0 unspecified atom stereocenters. The van der Waals surface area contributed by atoms with Crippen LogP contribution in [0.25, 0.3) is 0 Å². The van der Waals surface area contributed by atoms with Gasteiger partial charge in [0.25, 0.3) is 0 Å². The molecule has 1 aromatic carbocycles. The van der Waals surface area contributed by atoms with Gasteiger partial charge in [0.2, 0.25) is 0 Å².